The summed E-state index contributed by atoms with van der Waals surface area (Å²) in [5.41, 5.74) is 1.37. The van der Waals surface area contributed by atoms with E-state index in [1.807, 2.05) is 49.4 Å². The van der Waals surface area contributed by atoms with Crippen LogP contribution >= 0.6 is 11.6 Å². The highest BCUT2D eigenvalue weighted by Gasteiger charge is 2.24. The molecule has 2 aromatic heterocycles. The summed E-state index contributed by atoms with van der Waals surface area (Å²) < 4.78 is 12.7. The predicted octanol–water partition coefficient (Wildman–Crippen LogP) is 4.30. The number of nitrogens with zero attached hydrogens (tertiary/aromatic N) is 2. The standard InChI is InChI=1S/C25H20ClN3O4/c1-15(28-23(30)18-10-11-27-24-22(18)32-12-13-33-24)20-14-16-6-5-9-19(26)21(16)25(31)29(20)17-7-3-2-4-8-17/h2-11,14-15H,12-13H2,1H3,(H,28,30). The third kappa shape index (κ3) is 3.81. The van der Waals surface area contributed by atoms with E-state index in [2.05, 4.69) is 10.3 Å². The summed E-state index contributed by atoms with van der Waals surface area (Å²) >= 11 is 6.37. The first-order valence-electron chi connectivity index (χ1n) is 10.5. The van der Waals surface area contributed by atoms with Gasteiger partial charge >= 0.3 is 0 Å². The Balaban J connectivity index is 1.60. The van der Waals surface area contributed by atoms with Crippen LogP contribution in [-0.4, -0.2) is 28.7 Å². The Hall–Kier alpha value is -3.84. The highest BCUT2D eigenvalue weighted by atomic mass is 35.5. The highest BCUT2D eigenvalue weighted by molar-refractivity contribution is 6.35. The molecule has 8 heteroatoms. The van der Waals surface area contributed by atoms with Crippen LogP contribution in [0.25, 0.3) is 16.5 Å². The number of benzene rings is 2. The third-order valence-corrected chi connectivity index (χ3v) is 5.83. The van der Waals surface area contributed by atoms with Crippen molar-refractivity contribution in [2.24, 2.45) is 0 Å². The number of para-hydroxylation sites is 1. The monoisotopic (exact) mass is 461 g/mol. The number of hydrogen-bond acceptors (Lipinski definition) is 5. The van der Waals surface area contributed by atoms with Crippen LogP contribution in [0, 0.1) is 0 Å². The van der Waals surface area contributed by atoms with Gasteiger partial charge in [-0.15, -0.1) is 0 Å². The van der Waals surface area contributed by atoms with E-state index in [1.165, 1.54) is 6.20 Å². The summed E-state index contributed by atoms with van der Waals surface area (Å²) in [6.45, 7) is 2.55. The number of amides is 1. The first-order chi connectivity index (χ1) is 16.0. The van der Waals surface area contributed by atoms with Crippen LogP contribution in [0.2, 0.25) is 5.02 Å². The highest BCUT2D eigenvalue weighted by Crippen LogP contribution is 2.32. The fraction of sp³-hybridized carbons (Fsp3) is 0.160. The first-order valence-corrected chi connectivity index (χ1v) is 10.9. The van der Waals surface area contributed by atoms with Crippen molar-refractivity contribution in [3.05, 3.63) is 93.5 Å². The van der Waals surface area contributed by atoms with Gasteiger partial charge in [0, 0.05) is 17.6 Å². The molecule has 33 heavy (non-hydrogen) atoms. The van der Waals surface area contributed by atoms with E-state index in [1.54, 1.807) is 22.8 Å². The lowest BCUT2D eigenvalue weighted by Gasteiger charge is -2.23. The van der Waals surface area contributed by atoms with Gasteiger partial charge in [-0.2, -0.15) is 0 Å². The van der Waals surface area contributed by atoms with E-state index in [0.29, 0.717) is 57.6 Å². The second-order valence-electron chi connectivity index (χ2n) is 7.63. The summed E-state index contributed by atoms with van der Waals surface area (Å²) in [6.07, 6.45) is 1.50. The number of pyridine rings is 2. The molecule has 0 saturated carbocycles. The molecule has 5 rings (SSSR count). The SMILES string of the molecule is CC(NC(=O)c1ccnc2c1OCCO2)c1cc2cccc(Cl)c2c(=O)n1-c1ccccc1. The summed E-state index contributed by atoms with van der Waals surface area (Å²) in [5.74, 6) is 0.257. The predicted molar refractivity (Wildman–Crippen MR) is 126 cm³/mol. The van der Waals surface area contributed by atoms with Gasteiger partial charge in [-0.05, 0) is 42.6 Å². The van der Waals surface area contributed by atoms with E-state index >= 15 is 0 Å². The Kier molecular flexibility index (Phi) is 5.48. The maximum Gasteiger partial charge on any atom is 0.264 e. The smallest absolute Gasteiger partial charge is 0.264 e. The molecule has 3 heterocycles. The molecule has 1 amide bonds. The summed E-state index contributed by atoms with van der Waals surface area (Å²) in [4.78, 5) is 30.8. The van der Waals surface area contributed by atoms with E-state index in [9.17, 15) is 9.59 Å². The quantitative estimate of drug-likeness (QED) is 0.490. The molecular weight excluding hydrogens is 442 g/mol. The van der Waals surface area contributed by atoms with Crippen molar-refractivity contribution in [3.63, 3.8) is 0 Å². The number of fused-ring (bicyclic) bond motifs is 2. The molecule has 0 radical (unpaired) electrons. The summed E-state index contributed by atoms with van der Waals surface area (Å²) in [7, 11) is 0. The van der Waals surface area contributed by atoms with Crippen LogP contribution in [0.3, 0.4) is 0 Å². The molecule has 7 nitrogen and oxygen atoms in total. The maximum absolute atomic E-state index is 13.5. The van der Waals surface area contributed by atoms with Gasteiger partial charge in [0.1, 0.15) is 13.2 Å². The zero-order chi connectivity index (χ0) is 22.9. The van der Waals surface area contributed by atoms with E-state index in [0.717, 1.165) is 0 Å². The van der Waals surface area contributed by atoms with Crippen molar-refractivity contribution >= 4 is 28.3 Å². The molecule has 1 atom stereocenters. The molecule has 1 aliphatic rings. The number of hydrogen-bond donors (Lipinski definition) is 1. The van der Waals surface area contributed by atoms with Crippen molar-refractivity contribution < 1.29 is 14.3 Å². The summed E-state index contributed by atoms with van der Waals surface area (Å²) in [6, 6.07) is 17.5. The second-order valence-corrected chi connectivity index (χ2v) is 8.04. The first kappa shape index (κ1) is 21.0. The van der Waals surface area contributed by atoms with Gasteiger partial charge in [-0.1, -0.05) is 41.9 Å². The van der Waals surface area contributed by atoms with Gasteiger partial charge in [0.05, 0.1) is 22.0 Å². The van der Waals surface area contributed by atoms with Gasteiger partial charge < -0.3 is 14.8 Å². The minimum Gasteiger partial charge on any atom is -0.484 e. The van der Waals surface area contributed by atoms with Crippen molar-refractivity contribution in [1.82, 2.24) is 14.9 Å². The Labute approximate surface area is 194 Å². The number of carbonyl (C=O) groups is 1. The molecule has 0 fully saturated rings. The van der Waals surface area contributed by atoms with E-state index < -0.39 is 6.04 Å². The number of halogens is 1. The molecule has 4 aromatic rings. The molecule has 0 spiro atoms. The van der Waals surface area contributed by atoms with Crippen molar-refractivity contribution in [1.29, 1.82) is 0 Å². The lowest BCUT2D eigenvalue weighted by molar-refractivity contribution is 0.0926. The number of nitrogens with one attached hydrogen (secondary N) is 1. The van der Waals surface area contributed by atoms with Crippen LogP contribution in [0.5, 0.6) is 11.6 Å². The minimum atomic E-state index is -0.512. The minimum absolute atomic E-state index is 0.251. The van der Waals surface area contributed by atoms with Crippen molar-refractivity contribution in [2.45, 2.75) is 13.0 Å². The molecule has 166 valence electrons. The normalized spacial score (nSPS) is 13.5. The molecule has 0 bridgehead atoms. The van der Waals surface area contributed by atoms with Crippen molar-refractivity contribution in [2.75, 3.05) is 13.2 Å². The molecular formula is C25H20ClN3O4. The fourth-order valence-electron chi connectivity index (χ4n) is 3.98. The Morgan fingerprint density at radius 2 is 1.88 bits per heavy atom. The number of rotatable bonds is 4. The van der Waals surface area contributed by atoms with Crippen LogP contribution in [0.1, 0.15) is 29.0 Å². The molecule has 2 aromatic carbocycles. The average molecular weight is 462 g/mol. The van der Waals surface area contributed by atoms with Gasteiger partial charge in [-0.25, -0.2) is 4.98 Å². The van der Waals surface area contributed by atoms with Crippen LogP contribution in [0.15, 0.2) is 71.7 Å². The van der Waals surface area contributed by atoms with E-state index in [4.69, 9.17) is 21.1 Å². The number of carbonyl (C=O) groups excluding carboxylic acids is 1. The molecule has 0 saturated heterocycles. The zero-order valence-corrected chi connectivity index (χ0v) is 18.5. The van der Waals surface area contributed by atoms with Crippen LogP contribution in [0.4, 0.5) is 0 Å². The Morgan fingerprint density at radius 1 is 1.09 bits per heavy atom. The molecule has 1 unspecified atom stereocenters. The lowest BCUT2D eigenvalue weighted by atomic mass is 10.1. The number of ether oxygens (including phenoxy) is 2. The van der Waals surface area contributed by atoms with Gasteiger partial charge in [0.25, 0.3) is 17.3 Å². The maximum atomic E-state index is 13.5. The lowest BCUT2D eigenvalue weighted by Crippen LogP contribution is -2.32. The number of aromatic nitrogens is 2. The van der Waals surface area contributed by atoms with Crippen molar-refractivity contribution in [3.8, 4) is 17.3 Å². The van der Waals surface area contributed by atoms with Gasteiger partial charge in [0.15, 0.2) is 5.75 Å². The van der Waals surface area contributed by atoms with E-state index in [-0.39, 0.29) is 11.5 Å². The van der Waals surface area contributed by atoms with Gasteiger partial charge in [0.2, 0.25) is 0 Å². The Bertz CT molecular complexity index is 1420. The van der Waals surface area contributed by atoms with Crippen LogP contribution in [-0.2, 0) is 0 Å². The summed E-state index contributed by atoms with van der Waals surface area (Å²) in [5, 5.41) is 4.50. The largest absolute Gasteiger partial charge is 0.484 e. The zero-order valence-electron chi connectivity index (χ0n) is 17.7. The topological polar surface area (TPSA) is 82.5 Å². The van der Waals surface area contributed by atoms with Crippen LogP contribution < -0.4 is 20.3 Å². The Morgan fingerprint density at radius 3 is 2.70 bits per heavy atom. The fourth-order valence-corrected chi connectivity index (χ4v) is 4.24. The third-order valence-electron chi connectivity index (χ3n) is 5.52. The molecule has 1 aliphatic heterocycles. The molecule has 1 N–H and O–H groups in total. The second kappa shape index (κ2) is 8.60. The molecule has 0 aliphatic carbocycles. The average Bonchev–Trinajstić information content (AvgIpc) is 2.84. The van der Waals surface area contributed by atoms with Gasteiger partial charge in [-0.3, -0.25) is 14.2 Å².